The van der Waals surface area contributed by atoms with Crippen LogP contribution in [0.4, 0.5) is 0 Å². The third-order valence-corrected chi connectivity index (χ3v) is 9.75. The number of ether oxygens (including phenoxy) is 3. The van der Waals surface area contributed by atoms with Gasteiger partial charge >= 0.3 is 0 Å². The maximum atomic E-state index is 12.9. The lowest BCUT2D eigenvalue weighted by molar-refractivity contribution is -0.122. The molecule has 2 aromatic carbocycles. The van der Waals surface area contributed by atoms with E-state index in [1.165, 1.54) is 5.56 Å². The van der Waals surface area contributed by atoms with E-state index >= 15 is 0 Å². The van der Waals surface area contributed by atoms with E-state index in [1.54, 1.807) is 7.11 Å². The van der Waals surface area contributed by atoms with Gasteiger partial charge in [0.25, 0.3) is 0 Å². The molecule has 1 saturated heterocycles. The van der Waals surface area contributed by atoms with Gasteiger partial charge in [-0.1, -0.05) is 19.9 Å². The van der Waals surface area contributed by atoms with Crippen LogP contribution in [0, 0.1) is 38.0 Å². The van der Waals surface area contributed by atoms with Crippen LogP contribution in [0.2, 0.25) is 0 Å². The second-order valence-electron chi connectivity index (χ2n) is 12.4. The Balaban J connectivity index is 1.55. The Labute approximate surface area is 242 Å². The number of nitrogens with zero attached hydrogens (tertiary/aromatic N) is 3. The van der Waals surface area contributed by atoms with Crippen LogP contribution in [0.3, 0.4) is 0 Å². The van der Waals surface area contributed by atoms with Crippen molar-refractivity contribution in [3.63, 3.8) is 0 Å². The van der Waals surface area contributed by atoms with Crippen LogP contribution in [0.15, 0.2) is 6.07 Å². The Hall–Kier alpha value is -3.48. The van der Waals surface area contributed by atoms with Gasteiger partial charge in [0, 0.05) is 36.2 Å². The number of carbonyl (C=O) groups excluding carboxylic acids is 1. The number of rotatable bonds is 5. The molecule has 0 aromatic heterocycles. The van der Waals surface area contributed by atoms with Crippen molar-refractivity contribution in [1.82, 2.24) is 15.1 Å². The summed E-state index contributed by atoms with van der Waals surface area (Å²) in [5, 5.41) is 25.5. The third kappa shape index (κ3) is 4.06. The number of phenols is 1. The highest BCUT2D eigenvalue weighted by atomic mass is 16.7. The van der Waals surface area contributed by atoms with E-state index in [4.69, 9.17) is 14.2 Å². The van der Waals surface area contributed by atoms with Gasteiger partial charge in [-0.2, -0.15) is 5.26 Å². The van der Waals surface area contributed by atoms with Crippen LogP contribution in [0.25, 0.3) is 0 Å². The SMILES string of the molecule is COc1c(C)cc2c(c1O)[C@@H]1C3Cc4c(C)c(C)c5c(c4[C@H](CNC(=O)CC(C)C)N3[C@@H](C#N)[C@H](C2)N1C)OCO5. The highest BCUT2D eigenvalue weighted by Gasteiger charge is 2.56. The number of amides is 1. The van der Waals surface area contributed by atoms with E-state index in [0.717, 1.165) is 44.9 Å². The molecule has 41 heavy (non-hydrogen) atoms. The van der Waals surface area contributed by atoms with Gasteiger partial charge in [0.05, 0.1) is 25.3 Å². The topological polar surface area (TPSA) is 107 Å². The number of methoxy groups -OCH3 is 1. The quantitative estimate of drug-likeness (QED) is 0.566. The summed E-state index contributed by atoms with van der Waals surface area (Å²) in [5.74, 6) is 2.38. The molecule has 4 aliphatic rings. The first-order valence-electron chi connectivity index (χ1n) is 14.5. The van der Waals surface area contributed by atoms with Crippen LogP contribution in [-0.2, 0) is 17.6 Å². The predicted octanol–water partition coefficient (Wildman–Crippen LogP) is 3.99. The second-order valence-corrected chi connectivity index (χ2v) is 12.4. The normalized spacial score (nSPS) is 26.2. The van der Waals surface area contributed by atoms with E-state index in [9.17, 15) is 15.2 Å². The molecule has 4 aliphatic heterocycles. The van der Waals surface area contributed by atoms with Crippen molar-refractivity contribution < 1.29 is 24.1 Å². The van der Waals surface area contributed by atoms with Gasteiger partial charge in [0.1, 0.15) is 6.04 Å². The highest BCUT2D eigenvalue weighted by molar-refractivity contribution is 5.76. The molecule has 9 nitrogen and oxygen atoms in total. The summed E-state index contributed by atoms with van der Waals surface area (Å²) in [6.07, 6.45) is 1.74. The standard InChI is InChI=1S/C32H40N4O5/c1-15(2)8-25(37)34-13-24-27-20(17(4)18(5)31-32(27)41-14-40-31)11-22-28-26-19(9-16(3)30(39-7)29(26)38)10-21(35(28)6)23(12-33)36(22)24/h9,15,21-24,28,38H,8,10-11,13-14H2,1-7H3,(H,34,37)/t21-,22?,23-,24-,28-/m0/s1. The van der Waals surface area contributed by atoms with Gasteiger partial charge in [0.2, 0.25) is 12.7 Å². The molecule has 6 rings (SSSR count). The van der Waals surface area contributed by atoms with Crippen LogP contribution < -0.4 is 19.5 Å². The summed E-state index contributed by atoms with van der Waals surface area (Å²) in [6.45, 7) is 10.7. The summed E-state index contributed by atoms with van der Waals surface area (Å²) >= 11 is 0. The van der Waals surface area contributed by atoms with Crippen molar-refractivity contribution in [2.45, 2.75) is 84.1 Å². The van der Waals surface area contributed by atoms with Crippen molar-refractivity contribution in [3.8, 4) is 29.1 Å². The number of piperazine rings is 1. The van der Waals surface area contributed by atoms with E-state index in [1.807, 2.05) is 20.8 Å². The van der Waals surface area contributed by atoms with Crippen molar-refractivity contribution in [3.05, 3.63) is 45.0 Å². The molecule has 5 atom stereocenters. The number of aromatic hydroxyl groups is 1. The average molecular weight is 561 g/mol. The Morgan fingerprint density at radius 2 is 1.90 bits per heavy atom. The summed E-state index contributed by atoms with van der Waals surface area (Å²) < 4.78 is 17.7. The number of aryl methyl sites for hydroxylation is 1. The Bertz CT molecular complexity index is 1460. The lowest BCUT2D eigenvalue weighted by atomic mass is 9.71. The minimum Gasteiger partial charge on any atom is -0.504 e. The number of hydrogen-bond acceptors (Lipinski definition) is 8. The van der Waals surface area contributed by atoms with E-state index < -0.39 is 6.04 Å². The predicted molar refractivity (Wildman–Crippen MR) is 153 cm³/mol. The summed E-state index contributed by atoms with van der Waals surface area (Å²) in [4.78, 5) is 17.5. The van der Waals surface area contributed by atoms with Crippen molar-refractivity contribution in [1.29, 1.82) is 5.26 Å². The maximum absolute atomic E-state index is 12.9. The molecule has 218 valence electrons. The first kappa shape index (κ1) is 27.7. The molecule has 4 heterocycles. The van der Waals surface area contributed by atoms with Crippen LogP contribution >= 0.6 is 0 Å². The van der Waals surface area contributed by atoms with Crippen molar-refractivity contribution in [2.75, 3.05) is 27.5 Å². The van der Waals surface area contributed by atoms with Crippen LogP contribution in [0.1, 0.15) is 71.3 Å². The number of nitrogens with one attached hydrogen (secondary N) is 1. The van der Waals surface area contributed by atoms with Gasteiger partial charge in [0.15, 0.2) is 23.0 Å². The molecule has 1 unspecified atom stereocenters. The summed E-state index contributed by atoms with van der Waals surface area (Å²) in [7, 11) is 3.66. The molecule has 2 aromatic rings. The molecule has 2 N–H and O–H groups in total. The Morgan fingerprint density at radius 3 is 2.59 bits per heavy atom. The van der Waals surface area contributed by atoms with Gasteiger partial charge < -0.3 is 24.6 Å². The first-order chi connectivity index (χ1) is 19.6. The summed E-state index contributed by atoms with van der Waals surface area (Å²) in [6, 6.07) is 3.65. The van der Waals surface area contributed by atoms with Gasteiger partial charge in [-0.15, -0.1) is 0 Å². The molecule has 1 amide bonds. The first-order valence-corrected chi connectivity index (χ1v) is 14.5. The smallest absolute Gasteiger partial charge is 0.231 e. The molecule has 0 aliphatic carbocycles. The van der Waals surface area contributed by atoms with E-state index in [0.29, 0.717) is 31.6 Å². The second kappa shape index (κ2) is 10.1. The highest BCUT2D eigenvalue weighted by Crippen LogP contribution is 2.56. The lowest BCUT2D eigenvalue weighted by Gasteiger charge is -2.60. The lowest BCUT2D eigenvalue weighted by Crippen LogP contribution is -2.68. The molecule has 9 heteroatoms. The van der Waals surface area contributed by atoms with E-state index in [-0.39, 0.29) is 48.5 Å². The maximum Gasteiger partial charge on any atom is 0.231 e. The number of benzene rings is 2. The number of phenolic OH excluding ortho intramolecular Hbond substituents is 1. The fourth-order valence-electron chi connectivity index (χ4n) is 7.89. The number of carbonyl (C=O) groups is 1. The number of hydrogen-bond donors (Lipinski definition) is 2. The fraction of sp³-hybridized carbons (Fsp3) is 0.562. The number of likely N-dealkylation sites (N-methyl/N-ethyl adjacent to an activating group) is 1. The molecule has 0 spiro atoms. The third-order valence-electron chi connectivity index (χ3n) is 9.75. The molecular formula is C32H40N4O5. The van der Waals surface area contributed by atoms with Crippen LogP contribution in [-0.4, -0.2) is 66.4 Å². The molecule has 0 radical (unpaired) electrons. The fourth-order valence-corrected chi connectivity index (χ4v) is 7.89. The average Bonchev–Trinajstić information content (AvgIpc) is 3.41. The zero-order valence-corrected chi connectivity index (χ0v) is 25.0. The zero-order chi connectivity index (χ0) is 29.3. The zero-order valence-electron chi connectivity index (χ0n) is 25.0. The largest absolute Gasteiger partial charge is 0.504 e. The van der Waals surface area contributed by atoms with E-state index in [2.05, 4.69) is 48.1 Å². The Morgan fingerprint density at radius 1 is 1.17 bits per heavy atom. The summed E-state index contributed by atoms with van der Waals surface area (Å²) in [5.41, 5.74) is 7.20. The van der Waals surface area contributed by atoms with Gasteiger partial charge in [-0.25, -0.2) is 0 Å². The van der Waals surface area contributed by atoms with Crippen LogP contribution in [0.5, 0.6) is 23.0 Å². The molecule has 2 bridgehead atoms. The van der Waals surface area contributed by atoms with Crippen molar-refractivity contribution in [2.24, 2.45) is 5.92 Å². The molecule has 1 fully saturated rings. The Kier molecular flexibility index (Phi) is 6.82. The molecular weight excluding hydrogens is 520 g/mol. The number of nitriles is 1. The minimum atomic E-state index is -0.432. The van der Waals surface area contributed by atoms with Crippen molar-refractivity contribution >= 4 is 5.91 Å². The van der Waals surface area contributed by atoms with Gasteiger partial charge in [-0.3, -0.25) is 14.6 Å². The minimum absolute atomic E-state index is 0.00708. The monoisotopic (exact) mass is 560 g/mol. The number of fused-ring (bicyclic) bond motifs is 9. The van der Waals surface area contributed by atoms with Gasteiger partial charge in [-0.05, 0) is 74.4 Å². The molecule has 0 saturated carbocycles.